The van der Waals surface area contributed by atoms with Gasteiger partial charge in [0.1, 0.15) is 5.54 Å². The Hall–Kier alpha value is -1.10. The second-order valence-electron chi connectivity index (χ2n) is 4.12. The van der Waals surface area contributed by atoms with Crippen LogP contribution in [0.25, 0.3) is 0 Å². The average Bonchev–Trinajstić information content (AvgIpc) is 2.78. The Bertz CT molecular complexity index is 303. The molecule has 2 aliphatic carbocycles. The Morgan fingerprint density at radius 2 is 2.21 bits per heavy atom. The third kappa shape index (κ3) is 0.987. The highest BCUT2D eigenvalue weighted by atomic mass is 16.5. The summed E-state index contributed by atoms with van der Waals surface area (Å²) in [4.78, 5) is 22.2. The molecule has 0 unspecified atom stereocenters. The summed E-state index contributed by atoms with van der Waals surface area (Å²) in [6.45, 7) is 0. The van der Waals surface area contributed by atoms with Gasteiger partial charge in [-0.25, -0.2) is 0 Å². The summed E-state index contributed by atoms with van der Waals surface area (Å²) in [6.07, 6.45) is 1.18. The summed E-state index contributed by atoms with van der Waals surface area (Å²) in [5.41, 5.74) is 4.56. The molecule has 0 saturated heterocycles. The number of hydrogen-bond donors (Lipinski definition) is 2. The van der Waals surface area contributed by atoms with Crippen LogP contribution in [0.4, 0.5) is 0 Å². The lowest BCUT2D eigenvalue weighted by atomic mass is 9.92. The van der Waals surface area contributed by atoms with Crippen LogP contribution in [0.3, 0.4) is 0 Å². The smallest absolute Gasteiger partial charge is 0.324 e. The Morgan fingerprint density at radius 1 is 1.57 bits per heavy atom. The van der Waals surface area contributed by atoms with Crippen LogP contribution in [0.5, 0.6) is 0 Å². The predicted molar refractivity (Wildman–Crippen MR) is 46.3 cm³/mol. The van der Waals surface area contributed by atoms with E-state index in [2.05, 4.69) is 4.74 Å². The minimum Gasteiger partial charge on any atom is -0.480 e. The van der Waals surface area contributed by atoms with Gasteiger partial charge in [-0.1, -0.05) is 0 Å². The molecule has 14 heavy (non-hydrogen) atoms. The standard InChI is InChI=1S/C9H13NO4/c1-14-7(11)5-4-2-3-9(10,6(4)5)8(12)13/h4-6H,2-3,10H2,1H3,(H,12,13)/t4-,5-,6-,9-/m0/s1. The van der Waals surface area contributed by atoms with E-state index in [0.29, 0.717) is 12.8 Å². The van der Waals surface area contributed by atoms with Gasteiger partial charge in [0.15, 0.2) is 0 Å². The third-order valence-corrected chi connectivity index (χ3v) is 3.53. The van der Waals surface area contributed by atoms with Crippen LogP contribution in [-0.2, 0) is 14.3 Å². The second kappa shape index (κ2) is 2.70. The molecule has 0 amide bonds. The minimum atomic E-state index is -1.20. The van der Waals surface area contributed by atoms with E-state index in [4.69, 9.17) is 10.8 Å². The fraction of sp³-hybridized carbons (Fsp3) is 0.778. The number of hydrogen-bond acceptors (Lipinski definition) is 4. The highest BCUT2D eigenvalue weighted by Gasteiger charge is 2.70. The molecule has 0 heterocycles. The van der Waals surface area contributed by atoms with Gasteiger partial charge in [-0.15, -0.1) is 0 Å². The van der Waals surface area contributed by atoms with Crippen LogP contribution < -0.4 is 5.73 Å². The van der Waals surface area contributed by atoms with E-state index >= 15 is 0 Å². The Morgan fingerprint density at radius 3 is 2.71 bits per heavy atom. The van der Waals surface area contributed by atoms with Gasteiger partial charge in [-0.2, -0.15) is 0 Å². The first-order chi connectivity index (χ1) is 6.52. The molecule has 5 nitrogen and oxygen atoms in total. The van der Waals surface area contributed by atoms with Crippen molar-refractivity contribution in [1.82, 2.24) is 0 Å². The molecule has 0 aromatic heterocycles. The van der Waals surface area contributed by atoms with Crippen LogP contribution >= 0.6 is 0 Å². The first-order valence-corrected chi connectivity index (χ1v) is 4.62. The zero-order valence-electron chi connectivity index (χ0n) is 7.90. The number of carboxylic acids is 1. The molecule has 78 valence electrons. The quantitative estimate of drug-likeness (QED) is 0.590. The molecule has 5 heteroatoms. The van der Waals surface area contributed by atoms with Crippen LogP contribution in [0, 0.1) is 17.8 Å². The number of fused-ring (bicyclic) bond motifs is 1. The predicted octanol–water partition coefficient (Wildman–Crippen LogP) is -0.402. The number of aliphatic carboxylic acids is 1. The molecule has 0 spiro atoms. The zero-order chi connectivity index (χ0) is 10.5. The minimum absolute atomic E-state index is 0.128. The number of carbonyl (C=O) groups is 2. The van der Waals surface area contributed by atoms with Crippen molar-refractivity contribution in [2.24, 2.45) is 23.5 Å². The molecule has 2 rings (SSSR count). The lowest BCUT2D eigenvalue weighted by Gasteiger charge is -2.21. The number of carbonyl (C=O) groups excluding carboxylic acids is 1. The largest absolute Gasteiger partial charge is 0.480 e. The maximum Gasteiger partial charge on any atom is 0.324 e. The first kappa shape index (κ1) is 9.45. The summed E-state index contributed by atoms with van der Waals surface area (Å²) in [5.74, 6) is -1.70. The normalized spacial score (nSPS) is 44.3. The molecule has 0 radical (unpaired) electrons. The van der Waals surface area contributed by atoms with E-state index in [9.17, 15) is 9.59 Å². The van der Waals surface area contributed by atoms with E-state index < -0.39 is 11.5 Å². The molecule has 3 N–H and O–H groups in total. The molecule has 0 bridgehead atoms. The number of nitrogens with two attached hydrogens (primary N) is 1. The summed E-state index contributed by atoms with van der Waals surface area (Å²) in [6, 6.07) is 0. The fourth-order valence-corrected chi connectivity index (χ4v) is 2.71. The summed E-state index contributed by atoms with van der Waals surface area (Å²) >= 11 is 0. The number of rotatable bonds is 2. The molecule has 4 atom stereocenters. The fourth-order valence-electron chi connectivity index (χ4n) is 2.71. The molecule has 0 aromatic rings. The first-order valence-electron chi connectivity index (χ1n) is 4.62. The van der Waals surface area contributed by atoms with Gasteiger partial charge in [0.2, 0.25) is 0 Å². The highest BCUT2D eigenvalue weighted by molar-refractivity contribution is 5.85. The Kier molecular flexibility index (Phi) is 1.82. The molecule has 2 aliphatic rings. The summed E-state index contributed by atoms with van der Waals surface area (Å²) < 4.78 is 4.60. The van der Waals surface area contributed by atoms with Gasteiger partial charge < -0.3 is 15.6 Å². The van der Waals surface area contributed by atoms with Crippen LogP contribution in [0.15, 0.2) is 0 Å². The maximum absolute atomic E-state index is 11.2. The van der Waals surface area contributed by atoms with Gasteiger partial charge in [0, 0.05) is 5.92 Å². The van der Waals surface area contributed by atoms with E-state index in [-0.39, 0.29) is 23.7 Å². The van der Waals surface area contributed by atoms with Crippen molar-refractivity contribution >= 4 is 11.9 Å². The zero-order valence-corrected chi connectivity index (χ0v) is 7.90. The lowest BCUT2D eigenvalue weighted by molar-refractivity contribution is -0.146. The maximum atomic E-state index is 11.2. The van der Waals surface area contributed by atoms with Crippen LogP contribution in [0.2, 0.25) is 0 Å². The molecule has 2 fully saturated rings. The third-order valence-electron chi connectivity index (χ3n) is 3.53. The van der Waals surface area contributed by atoms with Gasteiger partial charge in [0.25, 0.3) is 0 Å². The summed E-state index contributed by atoms with van der Waals surface area (Å²) in [7, 11) is 1.31. The average molecular weight is 199 g/mol. The molecule has 2 saturated carbocycles. The van der Waals surface area contributed by atoms with Crippen molar-refractivity contribution in [3.63, 3.8) is 0 Å². The summed E-state index contributed by atoms with van der Waals surface area (Å²) in [5, 5.41) is 8.96. The van der Waals surface area contributed by atoms with Crippen LogP contribution in [0.1, 0.15) is 12.8 Å². The van der Waals surface area contributed by atoms with Crippen molar-refractivity contribution in [2.45, 2.75) is 18.4 Å². The SMILES string of the molecule is COC(=O)[C@H]1[C@@H]2CC[C@@](N)(C(=O)O)[C@@H]21. The van der Waals surface area contributed by atoms with E-state index in [1.54, 1.807) is 0 Å². The second-order valence-corrected chi connectivity index (χ2v) is 4.12. The van der Waals surface area contributed by atoms with Crippen molar-refractivity contribution in [2.75, 3.05) is 7.11 Å². The molecule has 0 aromatic carbocycles. The monoisotopic (exact) mass is 199 g/mol. The van der Waals surface area contributed by atoms with Crippen molar-refractivity contribution in [3.05, 3.63) is 0 Å². The molecule has 0 aliphatic heterocycles. The number of ether oxygens (including phenoxy) is 1. The molecular formula is C9H13NO4. The topological polar surface area (TPSA) is 89.6 Å². The van der Waals surface area contributed by atoms with Gasteiger partial charge in [-0.3, -0.25) is 9.59 Å². The van der Waals surface area contributed by atoms with Crippen molar-refractivity contribution < 1.29 is 19.4 Å². The van der Waals surface area contributed by atoms with Gasteiger partial charge in [0.05, 0.1) is 13.0 Å². The lowest BCUT2D eigenvalue weighted by Crippen LogP contribution is -2.49. The number of methoxy groups -OCH3 is 1. The van der Waals surface area contributed by atoms with Gasteiger partial charge in [-0.05, 0) is 18.8 Å². The van der Waals surface area contributed by atoms with Crippen LogP contribution in [-0.4, -0.2) is 29.7 Å². The Labute approximate surface area is 81.2 Å². The number of esters is 1. The Balaban J connectivity index is 2.15. The highest BCUT2D eigenvalue weighted by Crippen LogP contribution is 2.61. The van der Waals surface area contributed by atoms with Crippen molar-refractivity contribution in [3.8, 4) is 0 Å². The number of carboxylic acid groups (broad SMARTS) is 1. The van der Waals surface area contributed by atoms with E-state index in [1.165, 1.54) is 7.11 Å². The van der Waals surface area contributed by atoms with Gasteiger partial charge >= 0.3 is 11.9 Å². The van der Waals surface area contributed by atoms with Crippen molar-refractivity contribution in [1.29, 1.82) is 0 Å². The molecular weight excluding hydrogens is 186 g/mol. The van der Waals surface area contributed by atoms with E-state index in [1.807, 2.05) is 0 Å². The van der Waals surface area contributed by atoms with E-state index in [0.717, 1.165) is 0 Å².